The van der Waals surface area contributed by atoms with Crippen LogP contribution in [0.2, 0.25) is 0 Å². The molecule has 0 saturated carbocycles. The number of phenolic OH excluding ortho intramolecular Hbond substituents is 1. The minimum Gasteiger partial charge on any atom is -0.508 e. The van der Waals surface area contributed by atoms with Crippen molar-refractivity contribution in [3.05, 3.63) is 47.3 Å². The molecule has 1 saturated heterocycles. The molecule has 2 heterocycles. The van der Waals surface area contributed by atoms with Crippen molar-refractivity contribution in [1.82, 2.24) is 14.9 Å². The van der Waals surface area contributed by atoms with Crippen LogP contribution in [0.3, 0.4) is 0 Å². The van der Waals surface area contributed by atoms with E-state index in [1.165, 1.54) is 0 Å². The summed E-state index contributed by atoms with van der Waals surface area (Å²) in [5, 5.41) is 10.1. The number of carbonyl (C=O) groups excluding carboxylic acids is 1. The zero-order valence-corrected chi connectivity index (χ0v) is 14.4. The zero-order valence-electron chi connectivity index (χ0n) is 14.4. The highest BCUT2D eigenvalue weighted by Crippen LogP contribution is 2.36. The fourth-order valence-electron chi connectivity index (χ4n) is 3.65. The van der Waals surface area contributed by atoms with Crippen molar-refractivity contribution in [3.63, 3.8) is 0 Å². The summed E-state index contributed by atoms with van der Waals surface area (Å²) in [4.78, 5) is 26.1. The number of Topliss-reactive ketones (excluding diaryl/α,β-unsaturated/α-hetero) is 1. The third kappa shape index (κ3) is 3.09. The molecule has 1 aromatic heterocycles. The first kappa shape index (κ1) is 16.0. The maximum Gasteiger partial charge on any atom is 0.225 e. The van der Waals surface area contributed by atoms with E-state index in [9.17, 15) is 9.90 Å². The van der Waals surface area contributed by atoms with Gasteiger partial charge in [0.25, 0.3) is 0 Å². The first-order chi connectivity index (χ1) is 12.1. The summed E-state index contributed by atoms with van der Waals surface area (Å²) < 4.78 is 0. The van der Waals surface area contributed by atoms with Gasteiger partial charge in [-0.1, -0.05) is 18.2 Å². The maximum atomic E-state index is 12.5. The van der Waals surface area contributed by atoms with Gasteiger partial charge in [-0.25, -0.2) is 9.97 Å². The second kappa shape index (κ2) is 6.44. The van der Waals surface area contributed by atoms with Crippen LogP contribution in [0.4, 0.5) is 5.95 Å². The Labute approximate surface area is 147 Å². The number of carbonyl (C=O) groups is 1. The third-order valence-electron chi connectivity index (χ3n) is 5.19. The summed E-state index contributed by atoms with van der Waals surface area (Å²) >= 11 is 0. The summed E-state index contributed by atoms with van der Waals surface area (Å²) in [6.45, 7) is 3.76. The fraction of sp³-hybridized carbons (Fsp3) is 0.421. The van der Waals surface area contributed by atoms with Crippen LogP contribution in [0.15, 0.2) is 30.5 Å². The summed E-state index contributed by atoms with van der Waals surface area (Å²) in [5.41, 5.74) is 2.25. The molecule has 2 aliphatic rings. The van der Waals surface area contributed by atoms with Crippen molar-refractivity contribution in [2.24, 2.45) is 0 Å². The summed E-state index contributed by atoms with van der Waals surface area (Å²) in [5.74, 6) is 0.977. The molecule has 1 N–H and O–H groups in total. The monoisotopic (exact) mass is 338 g/mol. The molecule has 0 spiro atoms. The van der Waals surface area contributed by atoms with Crippen molar-refractivity contribution < 1.29 is 9.90 Å². The van der Waals surface area contributed by atoms with Crippen molar-refractivity contribution in [1.29, 1.82) is 0 Å². The van der Waals surface area contributed by atoms with E-state index in [-0.39, 0.29) is 17.5 Å². The van der Waals surface area contributed by atoms with Gasteiger partial charge in [-0.2, -0.15) is 0 Å². The number of hydrogen-bond donors (Lipinski definition) is 1. The lowest BCUT2D eigenvalue weighted by molar-refractivity contribution is 0.0962. The lowest BCUT2D eigenvalue weighted by Gasteiger charge is -2.33. The Bertz CT molecular complexity index is 800. The van der Waals surface area contributed by atoms with Gasteiger partial charge in [-0.15, -0.1) is 0 Å². The van der Waals surface area contributed by atoms with Crippen LogP contribution in [-0.2, 0) is 6.42 Å². The fourth-order valence-corrected chi connectivity index (χ4v) is 3.65. The zero-order chi connectivity index (χ0) is 17.4. The number of rotatable bonds is 2. The van der Waals surface area contributed by atoms with E-state index in [1.807, 2.05) is 12.1 Å². The normalized spacial score (nSPS) is 21.2. The minimum absolute atomic E-state index is 0.0311. The average Bonchev–Trinajstić information content (AvgIpc) is 2.62. The molecule has 2 aromatic rings. The molecule has 1 fully saturated rings. The number of para-hydroxylation sites is 1. The Hall–Kier alpha value is -2.47. The standard InChI is InChI=1S/C19H22N4O2/c1-22-6-8-23(9-7-22)19-20-12-15-16(21-19)10-13(11-18(15)25)14-4-2-3-5-17(14)24/h2-5,12-13,24H,6-11H2,1H3. The second-order valence-corrected chi connectivity index (χ2v) is 6.91. The highest BCUT2D eigenvalue weighted by molar-refractivity contribution is 5.98. The SMILES string of the molecule is CN1CCN(c2ncc3c(n2)CC(c2ccccc2O)CC3=O)CC1. The van der Waals surface area contributed by atoms with Crippen molar-refractivity contribution in [2.45, 2.75) is 18.8 Å². The Morgan fingerprint density at radius 3 is 2.64 bits per heavy atom. The number of phenols is 1. The van der Waals surface area contributed by atoms with Crippen molar-refractivity contribution in [2.75, 3.05) is 38.1 Å². The Balaban J connectivity index is 1.62. The van der Waals surface area contributed by atoms with Crippen molar-refractivity contribution in [3.8, 4) is 5.75 Å². The van der Waals surface area contributed by atoms with Gasteiger partial charge >= 0.3 is 0 Å². The molecular weight excluding hydrogens is 316 g/mol. The lowest BCUT2D eigenvalue weighted by atomic mass is 9.82. The molecule has 25 heavy (non-hydrogen) atoms. The van der Waals surface area contributed by atoms with Crippen LogP contribution in [0.5, 0.6) is 5.75 Å². The van der Waals surface area contributed by atoms with Crippen LogP contribution in [0.1, 0.15) is 34.0 Å². The number of benzene rings is 1. The first-order valence-electron chi connectivity index (χ1n) is 8.72. The van der Waals surface area contributed by atoms with E-state index in [1.54, 1.807) is 18.3 Å². The second-order valence-electron chi connectivity index (χ2n) is 6.91. The van der Waals surface area contributed by atoms with Gasteiger partial charge in [0.15, 0.2) is 5.78 Å². The number of likely N-dealkylation sites (N-methyl/N-ethyl adjacent to an activating group) is 1. The molecule has 1 unspecified atom stereocenters. The van der Waals surface area contributed by atoms with E-state index in [2.05, 4.69) is 21.8 Å². The number of piperazine rings is 1. The molecule has 1 atom stereocenters. The largest absolute Gasteiger partial charge is 0.508 e. The van der Waals surface area contributed by atoms with E-state index in [4.69, 9.17) is 4.98 Å². The summed E-state index contributed by atoms with van der Waals surface area (Å²) in [6, 6.07) is 7.25. The van der Waals surface area contributed by atoms with Crippen LogP contribution < -0.4 is 4.90 Å². The van der Waals surface area contributed by atoms with Crippen LogP contribution in [0, 0.1) is 0 Å². The van der Waals surface area contributed by atoms with E-state index in [0.29, 0.717) is 24.4 Å². The number of hydrogen-bond acceptors (Lipinski definition) is 6. The minimum atomic E-state index is -0.0311. The molecule has 0 radical (unpaired) electrons. The lowest BCUT2D eigenvalue weighted by Crippen LogP contribution is -2.45. The van der Waals surface area contributed by atoms with Crippen LogP contribution >= 0.6 is 0 Å². The number of aromatic hydroxyl groups is 1. The van der Waals surface area contributed by atoms with Gasteiger partial charge in [-0.05, 0) is 25.1 Å². The predicted molar refractivity (Wildman–Crippen MR) is 95.2 cm³/mol. The molecular formula is C19H22N4O2. The third-order valence-corrected chi connectivity index (χ3v) is 5.19. The smallest absolute Gasteiger partial charge is 0.225 e. The van der Waals surface area contributed by atoms with Crippen LogP contribution in [-0.4, -0.2) is 59.0 Å². The van der Waals surface area contributed by atoms with E-state index in [0.717, 1.165) is 37.4 Å². The van der Waals surface area contributed by atoms with E-state index >= 15 is 0 Å². The Morgan fingerprint density at radius 1 is 1.12 bits per heavy atom. The molecule has 130 valence electrons. The van der Waals surface area contributed by atoms with Gasteiger partial charge in [0.2, 0.25) is 5.95 Å². The summed E-state index contributed by atoms with van der Waals surface area (Å²) in [7, 11) is 2.11. The van der Waals surface area contributed by atoms with Gasteiger partial charge in [0.05, 0.1) is 11.3 Å². The molecule has 1 aliphatic carbocycles. The van der Waals surface area contributed by atoms with Crippen molar-refractivity contribution >= 4 is 11.7 Å². The molecule has 1 aliphatic heterocycles. The molecule has 1 aromatic carbocycles. The molecule has 0 bridgehead atoms. The highest BCUT2D eigenvalue weighted by atomic mass is 16.3. The molecule has 6 nitrogen and oxygen atoms in total. The number of ketones is 1. The first-order valence-corrected chi connectivity index (χ1v) is 8.72. The van der Waals surface area contributed by atoms with Gasteiger partial charge in [0.1, 0.15) is 5.75 Å². The Kier molecular flexibility index (Phi) is 4.13. The van der Waals surface area contributed by atoms with Crippen LogP contribution in [0.25, 0.3) is 0 Å². The number of nitrogens with zero attached hydrogens (tertiary/aromatic N) is 4. The quantitative estimate of drug-likeness (QED) is 0.901. The Morgan fingerprint density at radius 2 is 1.88 bits per heavy atom. The average molecular weight is 338 g/mol. The molecule has 4 rings (SSSR count). The number of fused-ring (bicyclic) bond motifs is 1. The summed E-state index contributed by atoms with van der Waals surface area (Å²) in [6.07, 6.45) is 2.73. The van der Waals surface area contributed by atoms with Gasteiger partial charge in [-0.3, -0.25) is 4.79 Å². The number of anilines is 1. The van der Waals surface area contributed by atoms with E-state index < -0.39 is 0 Å². The highest BCUT2D eigenvalue weighted by Gasteiger charge is 2.30. The molecule has 6 heteroatoms. The predicted octanol–water partition coefficient (Wildman–Crippen LogP) is 1.85. The molecule has 0 amide bonds. The van der Waals surface area contributed by atoms with Gasteiger partial charge in [0, 0.05) is 44.7 Å². The topological polar surface area (TPSA) is 69.6 Å². The van der Waals surface area contributed by atoms with Gasteiger partial charge < -0.3 is 14.9 Å². The number of aromatic nitrogens is 2. The maximum absolute atomic E-state index is 12.5.